The van der Waals surface area contributed by atoms with Crippen LogP contribution in [0.4, 0.5) is 0 Å². The molecule has 0 saturated carbocycles. The van der Waals surface area contributed by atoms with Gasteiger partial charge in [0.1, 0.15) is 19.0 Å². The topological polar surface area (TPSA) is 78.9 Å². The van der Waals surface area contributed by atoms with Crippen LogP contribution in [-0.4, -0.2) is 24.5 Å². The van der Waals surface area contributed by atoms with Crippen LogP contribution in [0.2, 0.25) is 0 Å². The Balaban J connectivity index is 1.86. The van der Waals surface area contributed by atoms with Crippen molar-refractivity contribution in [2.75, 3.05) is 6.61 Å². The zero-order chi connectivity index (χ0) is 22.9. The number of ether oxygens (including phenoxy) is 3. The van der Waals surface area contributed by atoms with E-state index in [0.717, 1.165) is 5.56 Å². The van der Waals surface area contributed by atoms with Gasteiger partial charge in [-0.2, -0.15) is 0 Å². The van der Waals surface area contributed by atoms with E-state index in [1.807, 2.05) is 30.3 Å². The van der Waals surface area contributed by atoms with Gasteiger partial charge in [0.2, 0.25) is 0 Å². The Labute approximate surface area is 186 Å². The van der Waals surface area contributed by atoms with Gasteiger partial charge in [-0.1, -0.05) is 55.1 Å². The van der Waals surface area contributed by atoms with Gasteiger partial charge in [-0.3, -0.25) is 0 Å². The van der Waals surface area contributed by atoms with E-state index in [2.05, 4.69) is 6.58 Å². The van der Waals surface area contributed by atoms with Gasteiger partial charge >= 0.3 is 17.9 Å². The molecule has 0 fully saturated rings. The number of carbonyl (C=O) groups is 3. The fourth-order valence-corrected chi connectivity index (χ4v) is 2.74. The minimum Gasteiger partial charge on any atom is -0.458 e. The lowest BCUT2D eigenvalue weighted by Gasteiger charge is -2.12. The summed E-state index contributed by atoms with van der Waals surface area (Å²) in [5, 5.41) is 0. The van der Waals surface area contributed by atoms with E-state index in [0.29, 0.717) is 11.3 Å². The third kappa shape index (κ3) is 6.15. The summed E-state index contributed by atoms with van der Waals surface area (Å²) in [6, 6.07) is 21.6. The summed E-state index contributed by atoms with van der Waals surface area (Å²) in [4.78, 5) is 37.9. The summed E-state index contributed by atoms with van der Waals surface area (Å²) in [7, 11) is 0. The van der Waals surface area contributed by atoms with Crippen molar-refractivity contribution in [1.29, 1.82) is 0 Å². The molecular weight excluding hydrogens is 408 g/mol. The summed E-state index contributed by atoms with van der Waals surface area (Å²) in [6.07, 6.45) is 0. The van der Waals surface area contributed by atoms with Crippen LogP contribution >= 0.6 is 0 Å². The summed E-state index contributed by atoms with van der Waals surface area (Å²) in [5.74, 6) is -1.85. The van der Waals surface area contributed by atoms with E-state index in [-0.39, 0.29) is 29.9 Å². The van der Waals surface area contributed by atoms with Crippen LogP contribution in [-0.2, 0) is 16.1 Å². The Morgan fingerprint density at radius 2 is 1.41 bits per heavy atom. The van der Waals surface area contributed by atoms with E-state index in [1.165, 1.54) is 18.2 Å². The van der Waals surface area contributed by atoms with Gasteiger partial charge in [0.05, 0.1) is 16.7 Å². The number of hydrogen-bond acceptors (Lipinski definition) is 6. The number of benzene rings is 3. The largest absolute Gasteiger partial charge is 0.458 e. The first-order valence-electron chi connectivity index (χ1n) is 9.88. The van der Waals surface area contributed by atoms with Crippen LogP contribution < -0.4 is 4.74 Å². The lowest BCUT2D eigenvalue weighted by Crippen LogP contribution is -2.18. The second-order valence-corrected chi connectivity index (χ2v) is 7.06. The minimum atomic E-state index is -0.794. The first-order chi connectivity index (χ1) is 15.4. The SMILES string of the molecule is C=C(C)COC(=O)c1ccc(C(=O)OCc2ccccc2)c(C(=O)Oc2ccccc2)c1. The maximum absolute atomic E-state index is 12.9. The molecule has 0 atom stereocenters. The molecule has 0 aliphatic carbocycles. The number of carbonyl (C=O) groups excluding carboxylic acids is 3. The van der Waals surface area contributed by atoms with Crippen LogP contribution in [0.15, 0.2) is 91.0 Å². The smallest absolute Gasteiger partial charge is 0.344 e. The third-order valence-corrected chi connectivity index (χ3v) is 4.31. The highest BCUT2D eigenvalue weighted by molar-refractivity contribution is 6.05. The van der Waals surface area contributed by atoms with Crippen LogP contribution in [0.1, 0.15) is 43.6 Å². The fourth-order valence-electron chi connectivity index (χ4n) is 2.74. The molecular formula is C26H22O6. The van der Waals surface area contributed by atoms with Gasteiger partial charge in [-0.15, -0.1) is 0 Å². The highest BCUT2D eigenvalue weighted by Gasteiger charge is 2.23. The Morgan fingerprint density at radius 3 is 2.06 bits per heavy atom. The molecule has 0 spiro atoms. The van der Waals surface area contributed by atoms with Crippen LogP contribution in [0.25, 0.3) is 0 Å². The lowest BCUT2D eigenvalue weighted by atomic mass is 10.0. The lowest BCUT2D eigenvalue weighted by molar-refractivity contribution is 0.0462. The van der Waals surface area contributed by atoms with Crippen molar-refractivity contribution >= 4 is 17.9 Å². The maximum atomic E-state index is 12.9. The van der Waals surface area contributed by atoms with Crippen molar-refractivity contribution in [2.45, 2.75) is 13.5 Å². The molecule has 162 valence electrons. The quantitative estimate of drug-likeness (QED) is 0.284. The van der Waals surface area contributed by atoms with E-state index < -0.39 is 17.9 Å². The first-order valence-corrected chi connectivity index (χ1v) is 9.88. The molecule has 6 heteroatoms. The first kappa shape index (κ1) is 22.5. The molecule has 3 aromatic carbocycles. The Hall–Kier alpha value is -4.19. The molecule has 0 aliphatic rings. The molecule has 0 aliphatic heterocycles. The van der Waals surface area contributed by atoms with Gasteiger partial charge < -0.3 is 14.2 Å². The predicted molar refractivity (Wildman–Crippen MR) is 119 cm³/mol. The second-order valence-electron chi connectivity index (χ2n) is 7.06. The Bertz CT molecular complexity index is 1120. The molecule has 0 N–H and O–H groups in total. The molecule has 3 rings (SSSR count). The zero-order valence-corrected chi connectivity index (χ0v) is 17.6. The zero-order valence-electron chi connectivity index (χ0n) is 17.6. The van der Waals surface area contributed by atoms with Crippen molar-refractivity contribution in [2.24, 2.45) is 0 Å². The molecule has 0 bridgehead atoms. The molecule has 6 nitrogen and oxygen atoms in total. The van der Waals surface area contributed by atoms with Crippen molar-refractivity contribution in [3.05, 3.63) is 113 Å². The average Bonchev–Trinajstić information content (AvgIpc) is 2.81. The van der Waals surface area contributed by atoms with E-state index in [1.54, 1.807) is 37.3 Å². The minimum absolute atomic E-state index is 0.0155. The molecule has 0 unspecified atom stereocenters. The molecule has 0 amide bonds. The monoisotopic (exact) mass is 430 g/mol. The number of hydrogen-bond donors (Lipinski definition) is 0. The van der Waals surface area contributed by atoms with Gasteiger partial charge in [-0.25, -0.2) is 14.4 Å². The second kappa shape index (κ2) is 10.7. The van der Waals surface area contributed by atoms with E-state index >= 15 is 0 Å². The number of esters is 3. The molecule has 3 aromatic rings. The highest BCUT2D eigenvalue weighted by Crippen LogP contribution is 2.19. The normalized spacial score (nSPS) is 10.2. The number of para-hydroxylation sites is 1. The predicted octanol–water partition coefficient (Wildman–Crippen LogP) is 5.00. The van der Waals surface area contributed by atoms with Crippen LogP contribution in [0.5, 0.6) is 5.75 Å². The average molecular weight is 430 g/mol. The molecule has 0 radical (unpaired) electrons. The van der Waals surface area contributed by atoms with Gasteiger partial charge in [0, 0.05) is 0 Å². The van der Waals surface area contributed by atoms with Gasteiger partial charge in [0.25, 0.3) is 0 Å². The van der Waals surface area contributed by atoms with E-state index in [4.69, 9.17) is 14.2 Å². The molecule has 0 heterocycles. The Kier molecular flexibility index (Phi) is 7.54. The van der Waals surface area contributed by atoms with Crippen molar-refractivity contribution in [3.8, 4) is 5.75 Å². The van der Waals surface area contributed by atoms with Crippen LogP contribution in [0.3, 0.4) is 0 Å². The van der Waals surface area contributed by atoms with Crippen molar-refractivity contribution in [3.63, 3.8) is 0 Å². The summed E-state index contributed by atoms with van der Waals surface area (Å²) >= 11 is 0. The third-order valence-electron chi connectivity index (χ3n) is 4.31. The molecule has 0 saturated heterocycles. The fraction of sp³-hybridized carbons (Fsp3) is 0.115. The Morgan fingerprint density at radius 1 is 0.750 bits per heavy atom. The van der Waals surface area contributed by atoms with Gasteiger partial charge in [0.15, 0.2) is 0 Å². The van der Waals surface area contributed by atoms with Gasteiger partial charge in [-0.05, 0) is 48.4 Å². The molecule has 32 heavy (non-hydrogen) atoms. The summed E-state index contributed by atoms with van der Waals surface area (Å²) < 4.78 is 15.9. The number of rotatable bonds is 8. The highest BCUT2D eigenvalue weighted by atomic mass is 16.5. The van der Waals surface area contributed by atoms with E-state index in [9.17, 15) is 14.4 Å². The van der Waals surface area contributed by atoms with Crippen molar-refractivity contribution in [1.82, 2.24) is 0 Å². The van der Waals surface area contributed by atoms with Crippen LogP contribution in [0, 0.1) is 0 Å². The summed E-state index contributed by atoms with van der Waals surface area (Å²) in [6.45, 7) is 5.49. The maximum Gasteiger partial charge on any atom is 0.344 e. The summed E-state index contributed by atoms with van der Waals surface area (Å²) in [5.41, 5.74) is 1.46. The molecule has 0 aromatic heterocycles. The van der Waals surface area contributed by atoms with Crippen molar-refractivity contribution < 1.29 is 28.6 Å². The standard InChI is InChI=1S/C26H22O6/c1-18(2)16-30-24(27)20-13-14-22(25(28)31-17-19-9-5-3-6-10-19)23(15-20)26(29)32-21-11-7-4-8-12-21/h3-15H,1,16-17H2,2H3.